The Morgan fingerprint density at radius 1 is 1.26 bits per heavy atom. The largest absolute Gasteiger partial charge is 0.372 e. The first-order chi connectivity index (χ1) is 13.1. The molecule has 1 aromatic carbocycles. The van der Waals surface area contributed by atoms with Crippen LogP contribution >= 0.6 is 11.6 Å². The summed E-state index contributed by atoms with van der Waals surface area (Å²) in [5.41, 5.74) is 1.03. The monoisotopic (exact) mass is 393 g/mol. The lowest BCUT2D eigenvalue weighted by Crippen LogP contribution is -2.62. The second-order valence-corrected chi connectivity index (χ2v) is 7.77. The van der Waals surface area contributed by atoms with Gasteiger partial charge in [0.05, 0.1) is 24.9 Å². The molecule has 0 radical (unpaired) electrons. The predicted octanol–water partition coefficient (Wildman–Crippen LogP) is 1.64. The summed E-state index contributed by atoms with van der Waals surface area (Å²) in [5, 5.41) is 3.63. The highest BCUT2D eigenvalue weighted by Gasteiger charge is 2.38. The fraction of sp³-hybridized carbons (Fsp3) is 0.579. The number of urea groups is 1. The summed E-state index contributed by atoms with van der Waals surface area (Å²) in [7, 11) is 0. The van der Waals surface area contributed by atoms with E-state index in [1.54, 1.807) is 0 Å². The molecule has 146 valence electrons. The van der Waals surface area contributed by atoms with E-state index in [1.165, 1.54) is 0 Å². The fourth-order valence-corrected chi connectivity index (χ4v) is 4.17. The third-order valence-electron chi connectivity index (χ3n) is 5.39. The van der Waals surface area contributed by atoms with Gasteiger partial charge in [-0.05, 0) is 30.5 Å². The highest BCUT2D eigenvalue weighted by Crippen LogP contribution is 2.22. The molecule has 7 nitrogen and oxygen atoms in total. The maximum Gasteiger partial charge on any atom is 0.320 e. The van der Waals surface area contributed by atoms with Crippen molar-refractivity contribution in [3.63, 3.8) is 0 Å². The van der Waals surface area contributed by atoms with Gasteiger partial charge in [-0.1, -0.05) is 23.7 Å². The van der Waals surface area contributed by atoms with Gasteiger partial charge in [0.2, 0.25) is 5.91 Å². The number of piperidine rings is 1. The van der Waals surface area contributed by atoms with Crippen LogP contribution < -0.4 is 5.32 Å². The standard InChI is InChI=1S/C19H24ClN3O4/c20-14-3-1-2-13(8-14)11-26-15-4-6-22(9-15)19(25)23-7-5-17-16(10-23)21-18(24)12-27-17/h1-3,8,15-17H,4-7,9-12H2,(H,21,24). The molecule has 3 amide bonds. The molecule has 1 N–H and O–H groups in total. The van der Waals surface area contributed by atoms with Gasteiger partial charge in [-0.25, -0.2) is 4.79 Å². The first kappa shape index (κ1) is 18.5. The topological polar surface area (TPSA) is 71.1 Å². The third-order valence-corrected chi connectivity index (χ3v) is 5.62. The molecular weight excluding hydrogens is 370 g/mol. The molecule has 4 rings (SSSR count). The van der Waals surface area contributed by atoms with Gasteiger partial charge >= 0.3 is 6.03 Å². The summed E-state index contributed by atoms with van der Waals surface area (Å²) in [4.78, 5) is 28.0. The van der Waals surface area contributed by atoms with Gasteiger partial charge in [-0.15, -0.1) is 0 Å². The Balaban J connectivity index is 1.27. The average Bonchev–Trinajstić information content (AvgIpc) is 3.14. The molecule has 0 aliphatic carbocycles. The van der Waals surface area contributed by atoms with E-state index < -0.39 is 0 Å². The Morgan fingerprint density at radius 2 is 2.07 bits per heavy atom. The van der Waals surface area contributed by atoms with E-state index in [0.717, 1.165) is 18.4 Å². The van der Waals surface area contributed by atoms with Crippen LogP contribution in [-0.4, -0.2) is 72.8 Å². The summed E-state index contributed by atoms with van der Waals surface area (Å²) in [5.74, 6) is -0.110. The quantitative estimate of drug-likeness (QED) is 0.847. The van der Waals surface area contributed by atoms with Gasteiger partial charge in [-0.2, -0.15) is 0 Å². The Morgan fingerprint density at radius 3 is 2.93 bits per heavy atom. The lowest BCUT2D eigenvalue weighted by Gasteiger charge is -2.42. The molecule has 0 aromatic heterocycles. The van der Waals surface area contributed by atoms with Crippen molar-refractivity contribution in [3.05, 3.63) is 34.9 Å². The number of fused-ring (bicyclic) bond motifs is 1. The van der Waals surface area contributed by atoms with Crippen LogP contribution in [0.4, 0.5) is 4.79 Å². The molecule has 3 atom stereocenters. The van der Waals surface area contributed by atoms with Crippen LogP contribution in [0, 0.1) is 0 Å². The third kappa shape index (κ3) is 4.36. The van der Waals surface area contributed by atoms with E-state index in [4.69, 9.17) is 21.1 Å². The van der Waals surface area contributed by atoms with E-state index in [9.17, 15) is 9.59 Å². The maximum atomic E-state index is 12.8. The molecule has 8 heteroatoms. The molecule has 0 bridgehead atoms. The minimum absolute atomic E-state index is 0.0131. The van der Waals surface area contributed by atoms with Gasteiger partial charge < -0.3 is 24.6 Å². The molecule has 3 unspecified atom stereocenters. The number of halogens is 1. The first-order valence-corrected chi connectivity index (χ1v) is 9.77. The molecule has 3 saturated heterocycles. The molecule has 1 aromatic rings. The minimum Gasteiger partial charge on any atom is -0.372 e. The van der Waals surface area contributed by atoms with Crippen molar-refractivity contribution < 1.29 is 19.1 Å². The molecule has 3 aliphatic rings. The molecule has 3 heterocycles. The summed E-state index contributed by atoms with van der Waals surface area (Å²) < 4.78 is 11.5. The minimum atomic E-state index is -0.110. The smallest absolute Gasteiger partial charge is 0.320 e. The van der Waals surface area contributed by atoms with Crippen molar-refractivity contribution in [3.8, 4) is 0 Å². The second kappa shape index (κ2) is 8.04. The number of hydrogen-bond donors (Lipinski definition) is 1. The van der Waals surface area contributed by atoms with Crippen LogP contribution in [0.5, 0.6) is 0 Å². The first-order valence-electron chi connectivity index (χ1n) is 9.39. The molecule has 0 saturated carbocycles. The summed E-state index contributed by atoms with van der Waals surface area (Å²) in [6, 6.07) is 7.52. The van der Waals surface area contributed by atoms with Crippen molar-refractivity contribution in [2.45, 2.75) is 37.7 Å². The molecular formula is C19H24ClN3O4. The number of rotatable bonds is 3. The number of hydrogen-bond acceptors (Lipinski definition) is 4. The van der Waals surface area contributed by atoms with Gasteiger partial charge in [0.1, 0.15) is 6.61 Å². The van der Waals surface area contributed by atoms with E-state index in [-0.39, 0.29) is 36.8 Å². The van der Waals surface area contributed by atoms with E-state index in [0.29, 0.717) is 37.8 Å². The Bertz CT molecular complexity index is 716. The second-order valence-electron chi connectivity index (χ2n) is 7.34. The van der Waals surface area contributed by atoms with Crippen molar-refractivity contribution in [2.75, 3.05) is 32.8 Å². The SMILES string of the molecule is O=C1COC2CCN(C(=O)N3CCC(OCc4cccc(Cl)c4)C3)CC2N1. The lowest BCUT2D eigenvalue weighted by molar-refractivity contribution is -0.139. The van der Waals surface area contributed by atoms with Gasteiger partial charge in [0.15, 0.2) is 0 Å². The number of benzene rings is 1. The highest BCUT2D eigenvalue weighted by atomic mass is 35.5. The number of nitrogens with zero attached hydrogens (tertiary/aromatic N) is 2. The Labute approximate surface area is 163 Å². The number of morpholine rings is 1. The summed E-state index contributed by atoms with van der Waals surface area (Å²) in [6.45, 7) is 3.04. The van der Waals surface area contributed by atoms with Crippen LogP contribution in [0.15, 0.2) is 24.3 Å². The zero-order valence-electron chi connectivity index (χ0n) is 15.1. The van der Waals surface area contributed by atoms with Gasteiger partial charge in [0, 0.05) is 31.2 Å². The van der Waals surface area contributed by atoms with Crippen molar-refractivity contribution in [2.24, 2.45) is 0 Å². The Kier molecular flexibility index (Phi) is 5.52. The normalized spacial score (nSPS) is 28.0. The number of nitrogens with one attached hydrogen (secondary N) is 1. The highest BCUT2D eigenvalue weighted by molar-refractivity contribution is 6.30. The lowest BCUT2D eigenvalue weighted by atomic mass is 10.0. The molecule has 3 fully saturated rings. The maximum absolute atomic E-state index is 12.8. The fourth-order valence-electron chi connectivity index (χ4n) is 3.95. The van der Waals surface area contributed by atoms with Crippen LogP contribution in [0.2, 0.25) is 5.02 Å². The van der Waals surface area contributed by atoms with Crippen molar-refractivity contribution in [1.82, 2.24) is 15.1 Å². The molecule has 0 spiro atoms. The molecule has 27 heavy (non-hydrogen) atoms. The number of amides is 3. The van der Waals surface area contributed by atoms with Crippen LogP contribution in [0.3, 0.4) is 0 Å². The average molecular weight is 394 g/mol. The number of likely N-dealkylation sites (tertiary alicyclic amines) is 2. The van der Waals surface area contributed by atoms with E-state index in [1.807, 2.05) is 34.1 Å². The summed E-state index contributed by atoms with van der Waals surface area (Å²) in [6.07, 6.45) is 1.62. The van der Waals surface area contributed by atoms with Crippen LogP contribution in [-0.2, 0) is 20.9 Å². The van der Waals surface area contributed by atoms with Crippen LogP contribution in [0.25, 0.3) is 0 Å². The predicted molar refractivity (Wildman–Crippen MR) is 99.5 cm³/mol. The van der Waals surface area contributed by atoms with E-state index >= 15 is 0 Å². The number of ether oxygens (including phenoxy) is 2. The molecule has 3 aliphatic heterocycles. The van der Waals surface area contributed by atoms with E-state index in [2.05, 4.69) is 5.32 Å². The van der Waals surface area contributed by atoms with Crippen molar-refractivity contribution in [1.29, 1.82) is 0 Å². The zero-order valence-corrected chi connectivity index (χ0v) is 15.9. The van der Waals surface area contributed by atoms with Gasteiger partial charge in [0.25, 0.3) is 0 Å². The van der Waals surface area contributed by atoms with Gasteiger partial charge in [-0.3, -0.25) is 4.79 Å². The number of carbonyl (C=O) groups is 2. The Hall–Kier alpha value is -1.83. The number of carbonyl (C=O) groups excluding carboxylic acids is 2. The van der Waals surface area contributed by atoms with Crippen LogP contribution in [0.1, 0.15) is 18.4 Å². The summed E-state index contributed by atoms with van der Waals surface area (Å²) >= 11 is 6.00. The van der Waals surface area contributed by atoms with Crippen molar-refractivity contribution >= 4 is 23.5 Å². The zero-order chi connectivity index (χ0) is 18.8.